The topological polar surface area (TPSA) is 6.48 Å². The van der Waals surface area contributed by atoms with Gasteiger partial charge in [0.2, 0.25) is 0 Å². The van der Waals surface area contributed by atoms with Crippen LogP contribution in [0, 0.1) is 11.8 Å². The fourth-order valence-electron chi connectivity index (χ4n) is 6.11. The number of rotatable bonds is 17. The highest BCUT2D eigenvalue weighted by atomic mass is 15.3. The molecule has 0 saturated carbocycles. The summed E-state index contributed by atoms with van der Waals surface area (Å²) in [7, 11) is 0. The van der Waals surface area contributed by atoms with E-state index in [2.05, 4.69) is 37.5 Å². The van der Waals surface area contributed by atoms with E-state index in [4.69, 9.17) is 0 Å². The molecular formula is C27H54N2. The van der Waals surface area contributed by atoms with Crippen molar-refractivity contribution < 1.29 is 0 Å². The fraction of sp³-hybridized carbons (Fsp3) is 1.00. The van der Waals surface area contributed by atoms with E-state index in [0.717, 1.165) is 23.9 Å². The lowest BCUT2D eigenvalue weighted by Gasteiger charge is -2.43. The van der Waals surface area contributed by atoms with Gasteiger partial charge in [0.05, 0.1) is 0 Å². The van der Waals surface area contributed by atoms with Gasteiger partial charge in [-0.2, -0.15) is 0 Å². The Morgan fingerprint density at radius 2 is 1.10 bits per heavy atom. The van der Waals surface area contributed by atoms with Gasteiger partial charge in [-0.1, -0.05) is 85.5 Å². The second-order valence-corrected chi connectivity index (χ2v) is 10.5. The molecule has 0 amide bonds. The van der Waals surface area contributed by atoms with Crippen molar-refractivity contribution in [3.05, 3.63) is 0 Å². The van der Waals surface area contributed by atoms with Crippen LogP contribution in [0.25, 0.3) is 0 Å². The van der Waals surface area contributed by atoms with Gasteiger partial charge in [0.25, 0.3) is 0 Å². The highest BCUT2D eigenvalue weighted by Gasteiger charge is 2.40. The molecule has 2 rings (SSSR count). The standard InChI is InChI=1S/C27H54N2/c1-5-9-12-16-24(14-8-4)21-29-26-18-19-27(29)23-28(22-26)20-25(15-11-7-3)17-13-10-6-2/h24-27H,5-23H2,1-4H3/t24?,25?,26-,27+. The highest BCUT2D eigenvalue weighted by molar-refractivity contribution is 4.96. The molecule has 0 aromatic heterocycles. The summed E-state index contributed by atoms with van der Waals surface area (Å²) in [6.07, 6.45) is 21.4. The largest absolute Gasteiger partial charge is 0.300 e. The molecule has 29 heavy (non-hydrogen) atoms. The number of nitrogens with zero attached hydrogens (tertiary/aromatic N) is 2. The molecule has 0 aliphatic carbocycles. The van der Waals surface area contributed by atoms with Gasteiger partial charge in [-0.05, 0) is 50.4 Å². The Balaban J connectivity index is 1.83. The Morgan fingerprint density at radius 1 is 0.586 bits per heavy atom. The summed E-state index contributed by atoms with van der Waals surface area (Å²) in [5.74, 6) is 1.90. The molecule has 0 radical (unpaired) electrons. The Labute approximate surface area is 184 Å². The molecule has 2 fully saturated rings. The number of likely N-dealkylation sites (tertiary alicyclic amines) is 1. The van der Waals surface area contributed by atoms with Gasteiger partial charge in [0.15, 0.2) is 0 Å². The Hall–Kier alpha value is -0.0800. The SMILES string of the molecule is CCCCCC(CCCC)CN1C[C@H]2CC[C@@H](C1)N2CC(CCC)CCCCC. The summed E-state index contributed by atoms with van der Waals surface area (Å²) in [6, 6.07) is 1.73. The van der Waals surface area contributed by atoms with Gasteiger partial charge in [0, 0.05) is 38.3 Å². The molecule has 2 nitrogen and oxygen atoms in total. The van der Waals surface area contributed by atoms with Crippen LogP contribution in [0.3, 0.4) is 0 Å². The number of hydrogen-bond acceptors (Lipinski definition) is 2. The maximum absolute atomic E-state index is 2.97. The van der Waals surface area contributed by atoms with Crippen LogP contribution in [0.1, 0.15) is 124 Å². The second-order valence-electron chi connectivity index (χ2n) is 10.5. The van der Waals surface area contributed by atoms with E-state index in [-0.39, 0.29) is 0 Å². The van der Waals surface area contributed by atoms with Crippen molar-refractivity contribution >= 4 is 0 Å². The van der Waals surface area contributed by atoms with Crippen LogP contribution in [0.5, 0.6) is 0 Å². The van der Waals surface area contributed by atoms with Gasteiger partial charge >= 0.3 is 0 Å². The van der Waals surface area contributed by atoms with Crippen molar-refractivity contribution in [2.45, 2.75) is 136 Å². The normalized spacial score (nSPS) is 24.8. The quantitative estimate of drug-likeness (QED) is 0.230. The zero-order valence-corrected chi connectivity index (χ0v) is 20.6. The average Bonchev–Trinajstić information content (AvgIpc) is 2.94. The molecule has 2 heteroatoms. The van der Waals surface area contributed by atoms with E-state index >= 15 is 0 Å². The molecule has 2 saturated heterocycles. The van der Waals surface area contributed by atoms with Crippen LogP contribution in [-0.2, 0) is 0 Å². The van der Waals surface area contributed by atoms with E-state index in [1.54, 1.807) is 0 Å². The third-order valence-corrected chi connectivity index (χ3v) is 7.79. The molecule has 2 heterocycles. The van der Waals surface area contributed by atoms with Gasteiger partial charge in [0.1, 0.15) is 0 Å². The van der Waals surface area contributed by atoms with Crippen LogP contribution >= 0.6 is 0 Å². The van der Waals surface area contributed by atoms with Gasteiger partial charge in [-0.3, -0.25) is 9.80 Å². The fourth-order valence-corrected chi connectivity index (χ4v) is 6.11. The lowest BCUT2D eigenvalue weighted by Crippen LogP contribution is -2.55. The second kappa shape index (κ2) is 14.8. The number of piperazine rings is 1. The van der Waals surface area contributed by atoms with Gasteiger partial charge in [-0.15, -0.1) is 0 Å². The van der Waals surface area contributed by atoms with Crippen LogP contribution in [0.15, 0.2) is 0 Å². The molecule has 2 bridgehead atoms. The van der Waals surface area contributed by atoms with Crippen molar-refractivity contribution in [3.8, 4) is 0 Å². The van der Waals surface area contributed by atoms with E-state index in [9.17, 15) is 0 Å². The predicted octanol–water partition coefficient (Wildman–Crippen LogP) is 7.52. The molecule has 2 aliphatic heterocycles. The minimum Gasteiger partial charge on any atom is -0.300 e. The molecule has 2 aliphatic rings. The highest BCUT2D eigenvalue weighted by Crippen LogP contribution is 2.33. The van der Waals surface area contributed by atoms with Crippen molar-refractivity contribution in [1.82, 2.24) is 9.80 Å². The number of fused-ring (bicyclic) bond motifs is 2. The first kappa shape index (κ1) is 25.2. The Kier molecular flexibility index (Phi) is 12.9. The zero-order valence-electron chi connectivity index (χ0n) is 20.6. The summed E-state index contributed by atoms with van der Waals surface area (Å²) in [4.78, 5) is 5.86. The Morgan fingerprint density at radius 3 is 1.62 bits per heavy atom. The van der Waals surface area contributed by atoms with E-state index in [1.807, 2.05) is 0 Å². The van der Waals surface area contributed by atoms with Gasteiger partial charge in [-0.25, -0.2) is 0 Å². The van der Waals surface area contributed by atoms with Crippen molar-refractivity contribution in [2.24, 2.45) is 11.8 Å². The molecule has 172 valence electrons. The van der Waals surface area contributed by atoms with Crippen LogP contribution in [0.2, 0.25) is 0 Å². The van der Waals surface area contributed by atoms with Crippen molar-refractivity contribution in [2.75, 3.05) is 26.2 Å². The predicted molar refractivity (Wildman–Crippen MR) is 130 cm³/mol. The summed E-state index contributed by atoms with van der Waals surface area (Å²) in [6.45, 7) is 14.9. The first-order valence-electron chi connectivity index (χ1n) is 13.7. The van der Waals surface area contributed by atoms with Gasteiger partial charge < -0.3 is 0 Å². The molecule has 0 N–H and O–H groups in total. The zero-order chi connectivity index (χ0) is 20.9. The maximum atomic E-state index is 2.97. The number of hydrogen-bond donors (Lipinski definition) is 0. The van der Waals surface area contributed by atoms with Crippen molar-refractivity contribution in [3.63, 3.8) is 0 Å². The third-order valence-electron chi connectivity index (χ3n) is 7.79. The van der Waals surface area contributed by atoms with E-state index in [1.165, 1.54) is 122 Å². The first-order chi connectivity index (χ1) is 14.2. The number of unbranched alkanes of at least 4 members (excludes halogenated alkanes) is 5. The lowest BCUT2D eigenvalue weighted by molar-refractivity contribution is 0.0418. The van der Waals surface area contributed by atoms with Crippen molar-refractivity contribution in [1.29, 1.82) is 0 Å². The lowest BCUT2D eigenvalue weighted by atomic mass is 9.93. The summed E-state index contributed by atoms with van der Waals surface area (Å²) in [5.41, 5.74) is 0. The molecule has 4 atom stereocenters. The maximum Gasteiger partial charge on any atom is 0.0227 e. The third kappa shape index (κ3) is 8.90. The molecular weight excluding hydrogens is 352 g/mol. The molecule has 0 aromatic rings. The summed E-state index contributed by atoms with van der Waals surface area (Å²) >= 11 is 0. The van der Waals surface area contributed by atoms with Crippen LogP contribution in [0.4, 0.5) is 0 Å². The van der Waals surface area contributed by atoms with Crippen LogP contribution < -0.4 is 0 Å². The minimum absolute atomic E-state index is 0.863. The molecule has 0 aromatic carbocycles. The average molecular weight is 407 g/mol. The minimum atomic E-state index is 0.863. The Bertz CT molecular complexity index is 382. The van der Waals surface area contributed by atoms with E-state index < -0.39 is 0 Å². The van der Waals surface area contributed by atoms with E-state index in [0.29, 0.717) is 0 Å². The monoisotopic (exact) mass is 406 g/mol. The summed E-state index contributed by atoms with van der Waals surface area (Å²) < 4.78 is 0. The van der Waals surface area contributed by atoms with Crippen LogP contribution in [-0.4, -0.2) is 48.1 Å². The molecule has 2 unspecified atom stereocenters. The smallest absolute Gasteiger partial charge is 0.0227 e. The molecule has 0 spiro atoms. The first-order valence-corrected chi connectivity index (χ1v) is 13.7. The summed E-state index contributed by atoms with van der Waals surface area (Å²) in [5, 5.41) is 0.